The number of hydrogen-bond acceptors (Lipinski definition) is 5. The lowest BCUT2D eigenvalue weighted by Crippen LogP contribution is -2.33. The van der Waals surface area contributed by atoms with Crippen molar-refractivity contribution >= 4 is 5.91 Å². The number of fused-ring (bicyclic) bond motifs is 1. The normalized spacial score (nSPS) is 15.7. The topological polar surface area (TPSA) is 68.5 Å². The van der Waals surface area contributed by atoms with Gasteiger partial charge in [0.25, 0.3) is 5.91 Å². The molecule has 1 aliphatic carbocycles. The van der Waals surface area contributed by atoms with Crippen molar-refractivity contribution < 1.29 is 14.1 Å². The number of pyridine rings is 1. The van der Waals surface area contributed by atoms with Gasteiger partial charge < -0.3 is 14.2 Å². The van der Waals surface area contributed by atoms with Crippen LogP contribution in [0.2, 0.25) is 0 Å². The molecule has 2 aromatic heterocycles. The Kier molecular flexibility index (Phi) is 5.10. The molecule has 1 aromatic carbocycles. The number of ether oxygens (including phenoxy) is 1. The van der Waals surface area contributed by atoms with Gasteiger partial charge in [0.15, 0.2) is 11.5 Å². The molecule has 2 heterocycles. The van der Waals surface area contributed by atoms with Crippen molar-refractivity contribution in [1.82, 2.24) is 15.0 Å². The highest BCUT2D eigenvalue weighted by Gasteiger charge is 2.28. The molecule has 144 valence electrons. The number of rotatable bonds is 5. The molecule has 0 bridgehead atoms. The Labute approximate surface area is 164 Å². The van der Waals surface area contributed by atoms with E-state index < -0.39 is 0 Å². The first-order valence-corrected chi connectivity index (χ1v) is 9.48. The van der Waals surface area contributed by atoms with Gasteiger partial charge >= 0.3 is 0 Å². The second-order valence-corrected chi connectivity index (χ2v) is 7.13. The molecule has 4 rings (SSSR count). The molecule has 6 heteroatoms. The molecule has 0 saturated heterocycles. The highest BCUT2D eigenvalue weighted by molar-refractivity contribution is 5.92. The number of carbonyl (C=O) groups excluding carboxylic acids is 1. The predicted molar refractivity (Wildman–Crippen MR) is 104 cm³/mol. The molecule has 1 atom stereocenters. The van der Waals surface area contributed by atoms with E-state index in [4.69, 9.17) is 9.26 Å². The van der Waals surface area contributed by atoms with Gasteiger partial charge in [-0.25, -0.2) is 0 Å². The molecule has 0 saturated carbocycles. The smallest absolute Gasteiger partial charge is 0.276 e. The van der Waals surface area contributed by atoms with Crippen molar-refractivity contribution in [1.29, 1.82) is 0 Å². The highest BCUT2D eigenvalue weighted by Crippen LogP contribution is 2.34. The van der Waals surface area contributed by atoms with Crippen LogP contribution >= 0.6 is 0 Å². The fraction of sp³-hybridized carbons (Fsp3) is 0.318. The number of aromatic nitrogens is 2. The lowest BCUT2D eigenvalue weighted by molar-refractivity contribution is 0.0704. The fourth-order valence-electron chi connectivity index (χ4n) is 3.63. The third-order valence-electron chi connectivity index (χ3n) is 5.17. The van der Waals surface area contributed by atoms with Crippen LogP contribution in [0, 0.1) is 6.92 Å². The van der Waals surface area contributed by atoms with Crippen LogP contribution in [-0.4, -0.2) is 28.0 Å². The summed E-state index contributed by atoms with van der Waals surface area (Å²) >= 11 is 0. The monoisotopic (exact) mass is 377 g/mol. The molecule has 0 unspecified atom stereocenters. The first-order chi connectivity index (χ1) is 13.6. The fourth-order valence-corrected chi connectivity index (χ4v) is 3.63. The highest BCUT2D eigenvalue weighted by atomic mass is 16.5. The van der Waals surface area contributed by atoms with E-state index in [-0.39, 0.29) is 18.6 Å². The van der Waals surface area contributed by atoms with Crippen LogP contribution in [0.1, 0.15) is 52.0 Å². The molecular weight excluding hydrogens is 354 g/mol. The Morgan fingerprint density at radius 3 is 2.96 bits per heavy atom. The Bertz CT molecular complexity index is 965. The van der Waals surface area contributed by atoms with E-state index in [1.807, 2.05) is 32.2 Å². The molecule has 3 aromatic rings. The summed E-state index contributed by atoms with van der Waals surface area (Å²) in [5.41, 5.74) is 3.77. The summed E-state index contributed by atoms with van der Waals surface area (Å²) < 4.78 is 10.9. The third-order valence-corrected chi connectivity index (χ3v) is 5.17. The van der Waals surface area contributed by atoms with E-state index in [0.29, 0.717) is 17.2 Å². The van der Waals surface area contributed by atoms with Crippen molar-refractivity contribution in [3.05, 3.63) is 76.9 Å². The number of hydrogen-bond donors (Lipinski definition) is 0. The van der Waals surface area contributed by atoms with Gasteiger partial charge in [-0.2, -0.15) is 0 Å². The lowest BCUT2D eigenvalue weighted by Gasteiger charge is -2.32. The lowest BCUT2D eigenvalue weighted by atomic mass is 9.87. The van der Waals surface area contributed by atoms with Gasteiger partial charge in [-0.05, 0) is 49.4 Å². The first-order valence-electron chi connectivity index (χ1n) is 9.48. The van der Waals surface area contributed by atoms with Gasteiger partial charge in [0.1, 0.15) is 12.4 Å². The standard InChI is InChI=1S/C22H23N3O3/c1-15-10-11-17(13-23-15)27-14-18-12-20(24-28-18)22(26)25(2)21-9-5-7-16-6-3-4-8-19(16)21/h3-4,6,8,10-13,21H,5,7,9,14H2,1-2H3/t21-/m1/s1. The van der Waals surface area contributed by atoms with Crippen LogP contribution in [0.5, 0.6) is 5.75 Å². The summed E-state index contributed by atoms with van der Waals surface area (Å²) in [7, 11) is 1.83. The second kappa shape index (κ2) is 7.84. The average molecular weight is 377 g/mol. The maximum atomic E-state index is 12.9. The predicted octanol–water partition coefficient (Wildman–Crippen LogP) is 4.11. The number of amides is 1. The van der Waals surface area contributed by atoms with Crippen LogP contribution in [0.25, 0.3) is 0 Å². The SMILES string of the molecule is Cc1ccc(OCc2cc(C(=O)N(C)[C@@H]3CCCc4ccccc43)no2)cn1. The third kappa shape index (κ3) is 3.76. The molecule has 1 aliphatic rings. The van der Waals surface area contributed by atoms with E-state index in [2.05, 4.69) is 28.3 Å². The van der Waals surface area contributed by atoms with E-state index >= 15 is 0 Å². The van der Waals surface area contributed by atoms with Crippen LogP contribution in [0.15, 0.2) is 53.2 Å². The molecular formula is C22H23N3O3. The Morgan fingerprint density at radius 1 is 1.29 bits per heavy atom. The zero-order valence-electron chi connectivity index (χ0n) is 16.1. The zero-order valence-corrected chi connectivity index (χ0v) is 16.1. The minimum atomic E-state index is -0.145. The summed E-state index contributed by atoms with van der Waals surface area (Å²) in [6.45, 7) is 2.11. The largest absolute Gasteiger partial charge is 0.484 e. The average Bonchev–Trinajstić information content (AvgIpc) is 3.21. The van der Waals surface area contributed by atoms with Crippen molar-refractivity contribution in [2.75, 3.05) is 7.05 Å². The van der Waals surface area contributed by atoms with E-state index in [0.717, 1.165) is 25.0 Å². The zero-order chi connectivity index (χ0) is 19.5. The van der Waals surface area contributed by atoms with Crippen molar-refractivity contribution in [3.8, 4) is 5.75 Å². The first kappa shape index (κ1) is 18.2. The molecule has 1 amide bonds. The van der Waals surface area contributed by atoms with Gasteiger partial charge in [-0.3, -0.25) is 9.78 Å². The Morgan fingerprint density at radius 2 is 2.14 bits per heavy atom. The quantitative estimate of drug-likeness (QED) is 0.669. The molecule has 6 nitrogen and oxygen atoms in total. The van der Waals surface area contributed by atoms with E-state index in [9.17, 15) is 4.79 Å². The molecule has 28 heavy (non-hydrogen) atoms. The number of carbonyl (C=O) groups is 1. The number of benzene rings is 1. The minimum absolute atomic E-state index is 0.0625. The second-order valence-electron chi connectivity index (χ2n) is 7.13. The summed E-state index contributed by atoms with van der Waals surface area (Å²) in [6, 6.07) is 13.8. The maximum absolute atomic E-state index is 12.9. The van der Waals surface area contributed by atoms with E-state index in [1.165, 1.54) is 11.1 Å². The summed E-state index contributed by atoms with van der Waals surface area (Å²) in [5.74, 6) is 1.00. The van der Waals surface area contributed by atoms with E-state index in [1.54, 1.807) is 17.2 Å². The summed E-state index contributed by atoms with van der Waals surface area (Å²) in [6.07, 6.45) is 4.75. The Balaban J connectivity index is 1.43. The molecule has 0 fully saturated rings. The van der Waals surface area contributed by atoms with Gasteiger partial charge in [0, 0.05) is 18.8 Å². The van der Waals surface area contributed by atoms with Crippen molar-refractivity contribution in [2.24, 2.45) is 0 Å². The molecule has 0 N–H and O–H groups in total. The van der Waals surface area contributed by atoms with Gasteiger partial charge in [-0.1, -0.05) is 29.4 Å². The van der Waals surface area contributed by atoms with Crippen LogP contribution in [0.3, 0.4) is 0 Å². The Hall–Kier alpha value is -3.15. The molecule has 0 radical (unpaired) electrons. The van der Waals surface area contributed by atoms with Gasteiger partial charge in [-0.15, -0.1) is 0 Å². The van der Waals surface area contributed by atoms with Crippen LogP contribution in [0.4, 0.5) is 0 Å². The minimum Gasteiger partial charge on any atom is -0.484 e. The van der Waals surface area contributed by atoms with Crippen molar-refractivity contribution in [2.45, 2.75) is 38.8 Å². The molecule has 0 aliphatic heterocycles. The van der Waals surface area contributed by atoms with Gasteiger partial charge in [0.2, 0.25) is 0 Å². The summed E-state index contributed by atoms with van der Waals surface area (Å²) in [4.78, 5) is 18.9. The summed E-state index contributed by atoms with van der Waals surface area (Å²) in [5, 5.41) is 3.95. The van der Waals surface area contributed by atoms with Crippen molar-refractivity contribution in [3.63, 3.8) is 0 Å². The van der Waals surface area contributed by atoms with Crippen LogP contribution < -0.4 is 4.74 Å². The number of aryl methyl sites for hydroxylation is 2. The maximum Gasteiger partial charge on any atom is 0.276 e. The van der Waals surface area contributed by atoms with Gasteiger partial charge in [0.05, 0.1) is 12.2 Å². The molecule has 0 spiro atoms. The van der Waals surface area contributed by atoms with Crippen LogP contribution in [-0.2, 0) is 13.0 Å². The number of nitrogens with zero attached hydrogens (tertiary/aromatic N) is 3.